The van der Waals surface area contributed by atoms with E-state index >= 15 is 0 Å². The molecule has 1 aromatic carbocycles. The van der Waals surface area contributed by atoms with Crippen LogP contribution in [-0.4, -0.2) is 16.7 Å². The normalized spacial score (nSPS) is 17.5. The maximum Gasteiger partial charge on any atom is 0.252 e. The molecule has 1 aromatic heterocycles. The van der Waals surface area contributed by atoms with Crippen molar-refractivity contribution in [3.05, 3.63) is 40.7 Å². The van der Waals surface area contributed by atoms with Crippen molar-refractivity contribution in [2.24, 2.45) is 12.8 Å². The highest BCUT2D eigenvalue weighted by Gasteiger charge is 2.32. The Morgan fingerprint density at radius 2 is 2.00 bits per heavy atom. The molecule has 3 rings (SSSR count). The average Bonchev–Trinajstić information content (AvgIpc) is 2.94. The Hall–Kier alpha value is -1.81. The van der Waals surface area contributed by atoms with Crippen LogP contribution < -0.4 is 16.6 Å². The molecule has 0 atom stereocenters. The molecule has 1 aliphatic rings. The second-order valence-electron chi connectivity index (χ2n) is 5.79. The standard InChI is InChI=1S/C16H21N3O/c1-19-14-7-3-2-6-12(14)13(10-15(19)20)18-16(11-17)8-4-5-9-16/h2-3,6-7,10,18H,4-5,8-9,11,17H2,1H3. The summed E-state index contributed by atoms with van der Waals surface area (Å²) in [7, 11) is 1.81. The first-order valence-corrected chi connectivity index (χ1v) is 7.22. The van der Waals surface area contributed by atoms with Gasteiger partial charge in [0.05, 0.1) is 5.52 Å². The molecule has 1 heterocycles. The molecule has 3 N–H and O–H groups in total. The largest absolute Gasteiger partial charge is 0.378 e. The molecule has 0 spiro atoms. The summed E-state index contributed by atoms with van der Waals surface area (Å²) in [5.41, 5.74) is 7.81. The number of para-hydroxylation sites is 1. The number of rotatable bonds is 3. The Bertz CT molecular complexity index is 684. The third kappa shape index (κ3) is 2.10. The minimum absolute atomic E-state index is 0.0105. The van der Waals surface area contributed by atoms with Crippen LogP contribution in [-0.2, 0) is 7.05 Å². The molecule has 0 radical (unpaired) electrons. The fourth-order valence-corrected chi connectivity index (χ4v) is 3.23. The summed E-state index contributed by atoms with van der Waals surface area (Å²) >= 11 is 0. The Morgan fingerprint density at radius 3 is 2.70 bits per heavy atom. The predicted octanol–water partition coefficient (Wildman–Crippen LogP) is 2.22. The van der Waals surface area contributed by atoms with Gasteiger partial charge in [-0.15, -0.1) is 0 Å². The van der Waals surface area contributed by atoms with E-state index in [1.165, 1.54) is 12.8 Å². The Labute approximate surface area is 118 Å². The van der Waals surface area contributed by atoms with Gasteiger partial charge in [0.1, 0.15) is 0 Å². The quantitative estimate of drug-likeness (QED) is 0.900. The zero-order chi connectivity index (χ0) is 14.2. The summed E-state index contributed by atoms with van der Waals surface area (Å²) in [6.07, 6.45) is 4.56. The molecular formula is C16H21N3O. The van der Waals surface area contributed by atoms with Crippen LogP contribution in [0, 0.1) is 0 Å². The number of nitrogens with zero attached hydrogens (tertiary/aromatic N) is 1. The van der Waals surface area contributed by atoms with Crippen LogP contribution >= 0.6 is 0 Å². The van der Waals surface area contributed by atoms with Gasteiger partial charge in [-0.05, 0) is 18.9 Å². The highest BCUT2D eigenvalue weighted by atomic mass is 16.1. The number of hydrogen-bond acceptors (Lipinski definition) is 3. The molecule has 1 fully saturated rings. The lowest BCUT2D eigenvalue weighted by molar-refractivity contribution is 0.493. The van der Waals surface area contributed by atoms with E-state index < -0.39 is 0 Å². The van der Waals surface area contributed by atoms with Crippen molar-refractivity contribution in [1.82, 2.24) is 4.57 Å². The highest BCUT2D eigenvalue weighted by molar-refractivity contribution is 5.91. The SMILES string of the molecule is Cn1c(=O)cc(NC2(CN)CCCC2)c2ccccc21. The third-order valence-corrected chi connectivity index (χ3v) is 4.51. The zero-order valence-corrected chi connectivity index (χ0v) is 11.9. The van der Waals surface area contributed by atoms with Gasteiger partial charge in [0, 0.05) is 36.3 Å². The monoisotopic (exact) mass is 271 g/mol. The van der Waals surface area contributed by atoms with Gasteiger partial charge in [-0.2, -0.15) is 0 Å². The zero-order valence-electron chi connectivity index (χ0n) is 11.9. The van der Waals surface area contributed by atoms with Crippen molar-refractivity contribution in [2.75, 3.05) is 11.9 Å². The number of pyridine rings is 1. The lowest BCUT2D eigenvalue weighted by Crippen LogP contribution is -2.43. The molecule has 1 aliphatic carbocycles. The molecule has 0 unspecified atom stereocenters. The van der Waals surface area contributed by atoms with Gasteiger partial charge >= 0.3 is 0 Å². The van der Waals surface area contributed by atoms with Crippen molar-refractivity contribution in [1.29, 1.82) is 0 Å². The van der Waals surface area contributed by atoms with Gasteiger partial charge < -0.3 is 15.6 Å². The van der Waals surface area contributed by atoms with Gasteiger partial charge in [0.15, 0.2) is 0 Å². The average molecular weight is 271 g/mol. The van der Waals surface area contributed by atoms with Gasteiger partial charge in [-0.3, -0.25) is 4.79 Å². The van der Waals surface area contributed by atoms with E-state index in [1.54, 1.807) is 10.6 Å². The second-order valence-corrected chi connectivity index (χ2v) is 5.79. The van der Waals surface area contributed by atoms with Crippen molar-refractivity contribution in [3.8, 4) is 0 Å². The van der Waals surface area contributed by atoms with Crippen LogP contribution in [0.4, 0.5) is 5.69 Å². The fraction of sp³-hybridized carbons (Fsp3) is 0.438. The van der Waals surface area contributed by atoms with Crippen LogP contribution in [0.2, 0.25) is 0 Å². The van der Waals surface area contributed by atoms with E-state index in [0.29, 0.717) is 6.54 Å². The summed E-state index contributed by atoms with van der Waals surface area (Å²) in [6, 6.07) is 9.68. The third-order valence-electron chi connectivity index (χ3n) is 4.51. The summed E-state index contributed by atoms with van der Waals surface area (Å²) < 4.78 is 1.68. The smallest absolute Gasteiger partial charge is 0.252 e. The van der Waals surface area contributed by atoms with E-state index in [-0.39, 0.29) is 11.1 Å². The Morgan fingerprint density at radius 1 is 1.30 bits per heavy atom. The van der Waals surface area contributed by atoms with E-state index in [1.807, 2.05) is 25.2 Å². The molecule has 2 aromatic rings. The molecule has 0 bridgehead atoms. The number of anilines is 1. The molecule has 4 heteroatoms. The summed E-state index contributed by atoms with van der Waals surface area (Å²) in [5, 5.41) is 4.65. The van der Waals surface area contributed by atoms with Gasteiger partial charge in [0.2, 0.25) is 0 Å². The molecule has 0 saturated heterocycles. The summed E-state index contributed by atoms with van der Waals surface area (Å²) in [6.45, 7) is 0.608. The Balaban J connectivity index is 2.12. The number of benzene rings is 1. The maximum atomic E-state index is 12.1. The number of nitrogens with two attached hydrogens (primary N) is 1. The second kappa shape index (κ2) is 4.94. The topological polar surface area (TPSA) is 60.0 Å². The molecule has 1 saturated carbocycles. The fourth-order valence-electron chi connectivity index (χ4n) is 3.23. The van der Waals surface area contributed by atoms with Crippen LogP contribution in [0.1, 0.15) is 25.7 Å². The number of hydrogen-bond donors (Lipinski definition) is 2. The number of aryl methyl sites for hydroxylation is 1. The van der Waals surface area contributed by atoms with E-state index in [4.69, 9.17) is 5.73 Å². The summed E-state index contributed by atoms with van der Waals surface area (Å²) in [5.74, 6) is 0. The van der Waals surface area contributed by atoms with Gasteiger partial charge in [-0.25, -0.2) is 0 Å². The first-order chi connectivity index (χ1) is 9.65. The minimum atomic E-state index is -0.0465. The molecule has 0 amide bonds. The van der Waals surface area contributed by atoms with Crippen molar-refractivity contribution in [2.45, 2.75) is 31.2 Å². The van der Waals surface area contributed by atoms with Crippen molar-refractivity contribution >= 4 is 16.6 Å². The lowest BCUT2D eigenvalue weighted by atomic mass is 9.97. The van der Waals surface area contributed by atoms with Crippen LogP contribution in [0.3, 0.4) is 0 Å². The van der Waals surface area contributed by atoms with Crippen LogP contribution in [0.5, 0.6) is 0 Å². The van der Waals surface area contributed by atoms with E-state index in [2.05, 4.69) is 11.4 Å². The lowest BCUT2D eigenvalue weighted by Gasteiger charge is -2.30. The molecule has 4 nitrogen and oxygen atoms in total. The first kappa shape index (κ1) is 13.2. The maximum absolute atomic E-state index is 12.1. The van der Waals surface area contributed by atoms with E-state index in [0.717, 1.165) is 29.4 Å². The van der Waals surface area contributed by atoms with Gasteiger partial charge in [0.25, 0.3) is 5.56 Å². The van der Waals surface area contributed by atoms with Crippen LogP contribution in [0.15, 0.2) is 35.1 Å². The Kier molecular flexibility index (Phi) is 3.26. The number of nitrogens with one attached hydrogen (secondary N) is 1. The van der Waals surface area contributed by atoms with Crippen molar-refractivity contribution < 1.29 is 0 Å². The van der Waals surface area contributed by atoms with E-state index in [9.17, 15) is 4.79 Å². The highest BCUT2D eigenvalue weighted by Crippen LogP contribution is 2.34. The minimum Gasteiger partial charge on any atom is -0.378 e. The predicted molar refractivity (Wildman–Crippen MR) is 83.1 cm³/mol. The number of aromatic nitrogens is 1. The van der Waals surface area contributed by atoms with Crippen molar-refractivity contribution in [3.63, 3.8) is 0 Å². The first-order valence-electron chi connectivity index (χ1n) is 7.22. The van der Waals surface area contributed by atoms with Crippen LogP contribution in [0.25, 0.3) is 10.9 Å². The molecule has 106 valence electrons. The number of fused-ring (bicyclic) bond motifs is 1. The molecular weight excluding hydrogens is 250 g/mol. The van der Waals surface area contributed by atoms with Gasteiger partial charge in [-0.1, -0.05) is 31.0 Å². The summed E-state index contributed by atoms with van der Waals surface area (Å²) in [4.78, 5) is 12.1. The molecule has 20 heavy (non-hydrogen) atoms. The molecule has 0 aliphatic heterocycles.